The SMILES string of the molecule is CCC1CCCC(C(O)c2c(OC)cnn2CC)C1. The molecule has 1 aromatic heterocycles. The number of hydrogen-bond donors (Lipinski definition) is 1. The Kier molecular flexibility index (Phi) is 4.86. The second kappa shape index (κ2) is 6.42. The van der Waals surface area contributed by atoms with Crippen molar-refractivity contribution in [3.8, 4) is 5.75 Å². The van der Waals surface area contributed by atoms with Gasteiger partial charge in [-0.15, -0.1) is 0 Å². The predicted octanol–water partition coefficient (Wildman–Crippen LogP) is 3.16. The molecule has 1 aliphatic carbocycles. The van der Waals surface area contributed by atoms with Crippen LogP contribution < -0.4 is 4.74 Å². The summed E-state index contributed by atoms with van der Waals surface area (Å²) in [6.07, 6.45) is 7.24. The Bertz CT molecular complexity index is 381. The van der Waals surface area contributed by atoms with Gasteiger partial charge in [-0.05, 0) is 31.6 Å². The minimum absolute atomic E-state index is 0.342. The van der Waals surface area contributed by atoms with Crippen LogP contribution in [0, 0.1) is 11.8 Å². The number of ether oxygens (including phenoxy) is 1. The highest BCUT2D eigenvalue weighted by Gasteiger charge is 2.31. The van der Waals surface area contributed by atoms with E-state index in [4.69, 9.17) is 4.74 Å². The molecule has 1 aliphatic rings. The molecule has 4 heteroatoms. The largest absolute Gasteiger partial charge is 0.493 e. The normalized spacial score (nSPS) is 25.3. The van der Waals surface area contributed by atoms with E-state index in [9.17, 15) is 5.11 Å². The molecule has 2 rings (SSSR count). The van der Waals surface area contributed by atoms with Crippen molar-refractivity contribution in [1.29, 1.82) is 0 Å². The molecule has 1 aromatic rings. The molecule has 0 aromatic carbocycles. The van der Waals surface area contributed by atoms with Crippen molar-refractivity contribution < 1.29 is 9.84 Å². The van der Waals surface area contributed by atoms with Crippen LogP contribution >= 0.6 is 0 Å². The van der Waals surface area contributed by atoms with E-state index < -0.39 is 6.10 Å². The number of aliphatic hydroxyl groups is 1. The van der Waals surface area contributed by atoms with E-state index in [-0.39, 0.29) is 0 Å². The molecule has 0 bridgehead atoms. The molecule has 0 radical (unpaired) electrons. The monoisotopic (exact) mass is 266 g/mol. The van der Waals surface area contributed by atoms with E-state index >= 15 is 0 Å². The second-order valence-electron chi connectivity index (χ2n) is 5.56. The first-order valence-corrected chi connectivity index (χ1v) is 7.48. The standard InChI is InChI=1S/C15H26N2O2/c1-4-11-7-6-8-12(9-11)15(18)14-13(19-3)10-16-17(14)5-2/h10-12,15,18H,4-9H2,1-3H3. The fourth-order valence-electron chi connectivity index (χ4n) is 3.30. The van der Waals surface area contributed by atoms with Crippen LogP contribution in [0.25, 0.3) is 0 Å². The summed E-state index contributed by atoms with van der Waals surface area (Å²) in [6.45, 7) is 5.05. The van der Waals surface area contributed by atoms with Crippen molar-refractivity contribution in [2.45, 2.75) is 58.6 Å². The molecule has 108 valence electrons. The Labute approximate surface area is 115 Å². The van der Waals surface area contributed by atoms with Crippen LogP contribution in [0.4, 0.5) is 0 Å². The van der Waals surface area contributed by atoms with Crippen molar-refractivity contribution >= 4 is 0 Å². The van der Waals surface area contributed by atoms with Crippen LogP contribution in [0.1, 0.15) is 57.7 Å². The van der Waals surface area contributed by atoms with E-state index in [1.54, 1.807) is 13.3 Å². The minimum Gasteiger partial charge on any atom is -0.493 e. The minimum atomic E-state index is -0.452. The van der Waals surface area contributed by atoms with Gasteiger partial charge in [0.2, 0.25) is 0 Å². The Balaban J connectivity index is 2.18. The summed E-state index contributed by atoms with van der Waals surface area (Å²) in [6, 6.07) is 0. The van der Waals surface area contributed by atoms with Crippen molar-refractivity contribution in [3.05, 3.63) is 11.9 Å². The molecule has 0 amide bonds. The van der Waals surface area contributed by atoms with Crippen LogP contribution in [-0.4, -0.2) is 22.0 Å². The first-order valence-electron chi connectivity index (χ1n) is 7.48. The Hall–Kier alpha value is -1.03. The quantitative estimate of drug-likeness (QED) is 0.890. The lowest BCUT2D eigenvalue weighted by atomic mass is 9.77. The summed E-state index contributed by atoms with van der Waals surface area (Å²) in [5, 5.41) is 15.0. The zero-order valence-corrected chi connectivity index (χ0v) is 12.3. The highest BCUT2D eigenvalue weighted by molar-refractivity contribution is 5.27. The summed E-state index contributed by atoms with van der Waals surface area (Å²) < 4.78 is 7.21. The molecule has 1 fully saturated rings. The molecule has 0 aliphatic heterocycles. The van der Waals surface area contributed by atoms with Gasteiger partial charge in [0.1, 0.15) is 11.8 Å². The molecule has 4 nitrogen and oxygen atoms in total. The van der Waals surface area contributed by atoms with Gasteiger partial charge in [0.25, 0.3) is 0 Å². The first kappa shape index (κ1) is 14.4. The summed E-state index contributed by atoms with van der Waals surface area (Å²) in [5.74, 6) is 1.82. The lowest BCUT2D eigenvalue weighted by molar-refractivity contribution is 0.0588. The Morgan fingerprint density at radius 3 is 2.89 bits per heavy atom. The average molecular weight is 266 g/mol. The summed E-state index contributed by atoms with van der Waals surface area (Å²) in [7, 11) is 1.64. The summed E-state index contributed by atoms with van der Waals surface area (Å²) >= 11 is 0. The Morgan fingerprint density at radius 2 is 2.26 bits per heavy atom. The number of nitrogens with zero attached hydrogens (tertiary/aromatic N) is 2. The van der Waals surface area contributed by atoms with Gasteiger partial charge in [-0.3, -0.25) is 4.68 Å². The summed E-state index contributed by atoms with van der Waals surface area (Å²) in [4.78, 5) is 0. The van der Waals surface area contributed by atoms with Gasteiger partial charge in [-0.25, -0.2) is 0 Å². The van der Waals surface area contributed by atoms with E-state index in [1.165, 1.54) is 19.3 Å². The predicted molar refractivity (Wildman–Crippen MR) is 75.2 cm³/mol. The average Bonchev–Trinajstić information content (AvgIpc) is 2.89. The van der Waals surface area contributed by atoms with Crippen LogP contribution in [0.5, 0.6) is 5.75 Å². The van der Waals surface area contributed by atoms with Crippen molar-refractivity contribution in [2.24, 2.45) is 11.8 Å². The van der Waals surface area contributed by atoms with Gasteiger partial charge in [0.05, 0.1) is 13.3 Å². The highest BCUT2D eigenvalue weighted by atomic mass is 16.5. The third-order valence-electron chi connectivity index (χ3n) is 4.49. The fraction of sp³-hybridized carbons (Fsp3) is 0.800. The maximum Gasteiger partial charge on any atom is 0.162 e. The molecular formula is C15H26N2O2. The van der Waals surface area contributed by atoms with Gasteiger partial charge < -0.3 is 9.84 Å². The number of methoxy groups -OCH3 is 1. The molecule has 1 saturated carbocycles. The number of aryl methyl sites for hydroxylation is 1. The number of rotatable bonds is 5. The molecule has 0 spiro atoms. The number of hydrogen-bond acceptors (Lipinski definition) is 3. The molecular weight excluding hydrogens is 240 g/mol. The maximum atomic E-state index is 10.7. The second-order valence-corrected chi connectivity index (χ2v) is 5.56. The lowest BCUT2D eigenvalue weighted by Gasteiger charge is -2.32. The van der Waals surface area contributed by atoms with Crippen molar-refractivity contribution in [3.63, 3.8) is 0 Å². The Morgan fingerprint density at radius 1 is 1.47 bits per heavy atom. The molecule has 0 saturated heterocycles. The van der Waals surface area contributed by atoms with E-state index in [2.05, 4.69) is 12.0 Å². The number of aliphatic hydroxyl groups excluding tert-OH is 1. The molecule has 1 N–H and O–H groups in total. The van der Waals surface area contributed by atoms with Gasteiger partial charge in [-0.1, -0.05) is 26.2 Å². The molecule has 3 unspecified atom stereocenters. The van der Waals surface area contributed by atoms with Crippen molar-refractivity contribution in [1.82, 2.24) is 9.78 Å². The first-order chi connectivity index (χ1) is 9.21. The molecule has 19 heavy (non-hydrogen) atoms. The van der Waals surface area contributed by atoms with Gasteiger partial charge in [0, 0.05) is 6.54 Å². The van der Waals surface area contributed by atoms with E-state index in [0.29, 0.717) is 11.7 Å². The topological polar surface area (TPSA) is 47.3 Å². The fourth-order valence-corrected chi connectivity index (χ4v) is 3.30. The van der Waals surface area contributed by atoms with Crippen LogP contribution in [-0.2, 0) is 6.54 Å². The molecule has 1 heterocycles. The third kappa shape index (κ3) is 2.94. The van der Waals surface area contributed by atoms with Gasteiger partial charge in [0.15, 0.2) is 5.75 Å². The lowest BCUT2D eigenvalue weighted by Crippen LogP contribution is -2.23. The van der Waals surface area contributed by atoms with Crippen LogP contribution in [0.15, 0.2) is 6.20 Å². The molecule has 3 atom stereocenters. The van der Waals surface area contributed by atoms with Gasteiger partial charge in [-0.2, -0.15) is 5.10 Å². The zero-order chi connectivity index (χ0) is 13.8. The highest BCUT2D eigenvalue weighted by Crippen LogP contribution is 2.40. The van der Waals surface area contributed by atoms with E-state index in [0.717, 1.165) is 31.0 Å². The van der Waals surface area contributed by atoms with Crippen molar-refractivity contribution in [2.75, 3.05) is 7.11 Å². The zero-order valence-electron chi connectivity index (χ0n) is 12.3. The van der Waals surface area contributed by atoms with Crippen LogP contribution in [0.3, 0.4) is 0 Å². The maximum absolute atomic E-state index is 10.7. The van der Waals surface area contributed by atoms with E-state index in [1.807, 2.05) is 11.6 Å². The van der Waals surface area contributed by atoms with Gasteiger partial charge >= 0.3 is 0 Å². The van der Waals surface area contributed by atoms with Crippen LogP contribution in [0.2, 0.25) is 0 Å². The third-order valence-corrected chi connectivity index (χ3v) is 4.49. The number of aromatic nitrogens is 2. The smallest absolute Gasteiger partial charge is 0.162 e. The summed E-state index contributed by atoms with van der Waals surface area (Å²) in [5.41, 5.74) is 0.853.